The zero-order valence-corrected chi connectivity index (χ0v) is 9.41. The van der Waals surface area contributed by atoms with Gasteiger partial charge in [0.05, 0.1) is 5.92 Å². The Labute approximate surface area is 101 Å². The molecule has 1 aromatic rings. The van der Waals surface area contributed by atoms with Crippen LogP contribution in [0.1, 0.15) is 47.8 Å². The van der Waals surface area contributed by atoms with Crippen molar-refractivity contribution in [3.63, 3.8) is 0 Å². The predicted octanol–water partition coefficient (Wildman–Crippen LogP) is 3.21. The third-order valence-corrected chi connectivity index (χ3v) is 3.36. The van der Waals surface area contributed by atoms with Crippen molar-refractivity contribution < 1.29 is 27.5 Å². The Morgan fingerprint density at radius 1 is 1.33 bits per heavy atom. The average Bonchev–Trinajstić information content (AvgIpc) is 2.77. The summed E-state index contributed by atoms with van der Waals surface area (Å²) >= 11 is 0. The number of nitrogens with zero attached hydrogens (tertiary/aromatic N) is 1. The molecule has 1 fully saturated rings. The van der Waals surface area contributed by atoms with Crippen LogP contribution >= 0.6 is 0 Å². The number of halogens is 3. The van der Waals surface area contributed by atoms with Crippen molar-refractivity contribution in [2.45, 2.75) is 37.8 Å². The summed E-state index contributed by atoms with van der Waals surface area (Å²) in [5.74, 6) is -2.58. The lowest BCUT2D eigenvalue weighted by Gasteiger charge is -2.28. The summed E-state index contributed by atoms with van der Waals surface area (Å²) in [5, 5.41) is 8.86. The van der Waals surface area contributed by atoms with Gasteiger partial charge in [-0.05, 0) is 25.7 Å². The van der Waals surface area contributed by atoms with Crippen LogP contribution in [0.25, 0.3) is 0 Å². The summed E-state index contributed by atoms with van der Waals surface area (Å²) in [6.07, 6.45) is -2.57. The van der Waals surface area contributed by atoms with Gasteiger partial charge in [0.2, 0.25) is 0 Å². The molecule has 4 nitrogen and oxygen atoms in total. The van der Waals surface area contributed by atoms with E-state index < -0.39 is 18.1 Å². The molecule has 0 radical (unpaired) electrons. The highest BCUT2D eigenvalue weighted by Crippen LogP contribution is 2.43. The minimum atomic E-state index is -4.16. The van der Waals surface area contributed by atoms with Crippen molar-refractivity contribution in [3.8, 4) is 0 Å². The topological polar surface area (TPSA) is 63.3 Å². The molecule has 0 saturated heterocycles. The Kier molecular flexibility index (Phi) is 3.32. The van der Waals surface area contributed by atoms with Crippen LogP contribution in [0.15, 0.2) is 10.8 Å². The van der Waals surface area contributed by atoms with Gasteiger partial charge in [-0.2, -0.15) is 13.2 Å². The maximum Gasteiger partial charge on any atom is 0.391 e. The van der Waals surface area contributed by atoms with Crippen molar-refractivity contribution in [1.82, 2.24) is 4.98 Å². The number of rotatable bonds is 2. The van der Waals surface area contributed by atoms with E-state index in [4.69, 9.17) is 9.52 Å². The Morgan fingerprint density at radius 3 is 2.44 bits per heavy atom. The Hall–Kier alpha value is -1.53. The molecule has 7 heteroatoms. The van der Waals surface area contributed by atoms with E-state index in [9.17, 15) is 18.0 Å². The third-order valence-electron chi connectivity index (χ3n) is 3.36. The average molecular weight is 263 g/mol. The normalized spacial score (nSPS) is 25.1. The molecule has 100 valence electrons. The van der Waals surface area contributed by atoms with Gasteiger partial charge in [-0.15, -0.1) is 0 Å². The van der Waals surface area contributed by atoms with Crippen LogP contribution in [-0.4, -0.2) is 22.2 Å². The van der Waals surface area contributed by atoms with Crippen LogP contribution in [0, 0.1) is 5.92 Å². The van der Waals surface area contributed by atoms with Gasteiger partial charge in [-0.3, -0.25) is 0 Å². The molecular weight excluding hydrogens is 251 g/mol. The van der Waals surface area contributed by atoms with Gasteiger partial charge in [-0.1, -0.05) is 0 Å². The number of carbonyl (C=O) groups is 1. The molecular formula is C11H12F3NO3. The summed E-state index contributed by atoms with van der Waals surface area (Å²) in [5.41, 5.74) is -0.189. The van der Waals surface area contributed by atoms with Gasteiger partial charge in [0, 0.05) is 5.92 Å². The van der Waals surface area contributed by atoms with Crippen molar-refractivity contribution in [1.29, 1.82) is 0 Å². The number of carboxylic acids is 1. The minimum absolute atomic E-state index is 0.00786. The lowest BCUT2D eigenvalue weighted by Crippen LogP contribution is -2.27. The zero-order chi connectivity index (χ0) is 13.3. The maximum absolute atomic E-state index is 12.5. The zero-order valence-electron chi connectivity index (χ0n) is 9.41. The molecule has 0 aromatic carbocycles. The van der Waals surface area contributed by atoms with Crippen molar-refractivity contribution in [2.24, 2.45) is 5.92 Å². The Morgan fingerprint density at radius 2 is 1.94 bits per heavy atom. The number of hydrogen-bond donors (Lipinski definition) is 1. The molecule has 0 bridgehead atoms. The third kappa shape index (κ3) is 2.49. The number of alkyl halides is 3. The Balaban J connectivity index is 2.06. The van der Waals surface area contributed by atoms with Gasteiger partial charge in [0.25, 0.3) is 0 Å². The standard InChI is InChI=1S/C11H12F3NO3/c12-11(13,14)7-3-1-6(2-4-7)9-8(10(16)17)15-5-18-9/h5-7H,1-4H2,(H,16,17). The molecule has 2 rings (SSSR count). The molecule has 18 heavy (non-hydrogen) atoms. The Bertz CT molecular complexity index is 433. The molecule has 1 aromatic heterocycles. The lowest BCUT2D eigenvalue weighted by atomic mass is 9.80. The molecule has 1 aliphatic rings. The summed E-state index contributed by atoms with van der Waals surface area (Å²) in [6.45, 7) is 0. The largest absolute Gasteiger partial charge is 0.476 e. The first-order chi connectivity index (χ1) is 8.39. The smallest absolute Gasteiger partial charge is 0.391 e. The lowest BCUT2D eigenvalue weighted by molar-refractivity contribution is -0.182. The second-order valence-electron chi connectivity index (χ2n) is 4.46. The van der Waals surface area contributed by atoms with Gasteiger partial charge in [0.1, 0.15) is 5.76 Å². The highest BCUT2D eigenvalue weighted by molar-refractivity contribution is 5.86. The summed E-state index contributed by atoms with van der Waals surface area (Å²) in [4.78, 5) is 14.4. The van der Waals surface area contributed by atoms with E-state index >= 15 is 0 Å². The molecule has 1 saturated carbocycles. The highest BCUT2D eigenvalue weighted by Gasteiger charge is 2.42. The van der Waals surface area contributed by atoms with E-state index in [0.717, 1.165) is 6.39 Å². The van der Waals surface area contributed by atoms with Crippen molar-refractivity contribution >= 4 is 5.97 Å². The maximum atomic E-state index is 12.5. The van der Waals surface area contributed by atoms with E-state index in [1.54, 1.807) is 0 Å². The van der Waals surface area contributed by atoms with Crippen LogP contribution in [0.5, 0.6) is 0 Å². The number of aromatic nitrogens is 1. The molecule has 0 amide bonds. The van der Waals surface area contributed by atoms with Crippen molar-refractivity contribution in [2.75, 3.05) is 0 Å². The first-order valence-corrected chi connectivity index (χ1v) is 5.63. The van der Waals surface area contributed by atoms with Crippen LogP contribution < -0.4 is 0 Å². The van der Waals surface area contributed by atoms with Crippen molar-refractivity contribution in [3.05, 3.63) is 17.8 Å². The monoisotopic (exact) mass is 263 g/mol. The fourth-order valence-corrected chi connectivity index (χ4v) is 2.39. The SMILES string of the molecule is O=C(O)c1ncoc1C1CCC(C(F)(F)F)CC1. The molecule has 0 aliphatic heterocycles. The molecule has 0 atom stereocenters. The molecule has 1 aliphatic carbocycles. The van der Waals surface area contributed by atoms with E-state index in [1.807, 2.05) is 0 Å². The number of hydrogen-bond acceptors (Lipinski definition) is 3. The van der Waals surface area contributed by atoms with Crippen LogP contribution in [0.4, 0.5) is 13.2 Å². The number of aromatic carboxylic acids is 1. The van der Waals surface area contributed by atoms with E-state index in [-0.39, 0.29) is 43.1 Å². The van der Waals surface area contributed by atoms with Gasteiger partial charge in [0.15, 0.2) is 12.1 Å². The molecule has 1 heterocycles. The quantitative estimate of drug-likeness (QED) is 0.889. The second kappa shape index (κ2) is 4.62. The molecule has 1 N–H and O–H groups in total. The van der Waals surface area contributed by atoms with Gasteiger partial charge in [-0.25, -0.2) is 9.78 Å². The highest BCUT2D eigenvalue weighted by atomic mass is 19.4. The number of carboxylic acid groups (broad SMARTS) is 1. The first kappa shape index (κ1) is 12.9. The fourth-order valence-electron chi connectivity index (χ4n) is 2.39. The van der Waals surface area contributed by atoms with Crippen LogP contribution in [0.2, 0.25) is 0 Å². The van der Waals surface area contributed by atoms with Gasteiger partial charge >= 0.3 is 12.1 Å². The summed E-state index contributed by atoms with van der Waals surface area (Å²) in [6, 6.07) is 0. The van der Waals surface area contributed by atoms with E-state index in [2.05, 4.69) is 4.98 Å². The molecule has 0 spiro atoms. The fraction of sp³-hybridized carbons (Fsp3) is 0.636. The van der Waals surface area contributed by atoms with E-state index in [0.29, 0.717) is 0 Å². The predicted molar refractivity (Wildman–Crippen MR) is 54.2 cm³/mol. The molecule has 0 unspecified atom stereocenters. The first-order valence-electron chi connectivity index (χ1n) is 5.63. The van der Waals surface area contributed by atoms with Gasteiger partial charge < -0.3 is 9.52 Å². The number of oxazole rings is 1. The van der Waals surface area contributed by atoms with E-state index in [1.165, 1.54) is 0 Å². The summed E-state index contributed by atoms with van der Waals surface area (Å²) in [7, 11) is 0. The second-order valence-corrected chi connectivity index (χ2v) is 4.46. The minimum Gasteiger partial charge on any atom is -0.476 e. The van der Waals surface area contributed by atoms with Crippen LogP contribution in [-0.2, 0) is 0 Å². The summed E-state index contributed by atoms with van der Waals surface area (Å²) < 4.78 is 42.5. The van der Waals surface area contributed by atoms with Crippen LogP contribution in [0.3, 0.4) is 0 Å².